The predicted molar refractivity (Wildman–Crippen MR) is 128 cm³/mol. The van der Waals surface area contributed by atoms with E-state index < -0.39 is 20.4 Å². The minimum absolute atomic E-state index is 0.00108. The molecule has 0 aliphatic carbocycles. The highest BCUT2D eigenvalue weighted by molar-refractivity contribution is 6.74. The van der Waals surface area contributed by atoms with Crippen molar-refractivity contribution in [1.29, 1.82) is 0 Å². The fourth-order valence-electron chi connectivity index (χ4n) is 4.06. The Kier molecular flexibility index (Phi) is 8.82. The molecule has 1 heterocycles. The van der Waals surface area contributed by atoms with E-state index in [1.165, 1.54) is 0 Å². The van der Waals surface area contributed by atoms with Crippen LogP contribution in [0.25, 0.3) is 0 Å². The largest absolute Gasteiger partial charge is 0.481 e. The number of nitrogens with zero attached hydrogens (tertiary/aromatic N) is 1. The fraction of sp³-hybridized carbons (Fsp3) is 0.640. The molecule has 1 aromatic carbocycles. The zero-order valence-corrected chi connectivity index (χ0v) is 21.4. The highest BCUT2D eigenvalue weighted by atomic mass is 28.4. The van der Waals surface area contributed by atoms with Gasteiger partial charge in [-0.3, -0.25) is 14.4 Å². The molecule has 0 aromatic heterocycles. The quantitative estimate of drug-likeness (QED) is 0.467. The van der Waals surface area contributed by atoms with Gasteiger partial charge in [-0.1, -0.05) is 58.0 Å². The number of carboxylic acid groups (broad SMARTS) is 1. The van der Waals surface area contributed by atoms with E-state index in [1.54, 1.807) is 0 Å². The minimum Gasteiger partial charge on any atom is -0.481 e. The summed E-state index contributed by atoms with van der Waals surface area (Å²) in [6, 6.07) is 9.91. The average Bonchev–Trinajstić information content (AvgIpc) is 2.91. The number of amides is 1. The van der Waals surface area contributed by atoms with Crippen molar-refractivity contribution in [3.63, 3.8) is 0 Å². The van der Waals surface area contributed by atoms with Crippen LogP contribution in [0, 0.1) is 5.92 Å². The number of hydrogen-bond donors (Lipinski definition) is 1. The van der Waals surface area contributed by atoms with Gasteiger partial charge in [0.25, 0.3) is 0 Å². The number of carboxylic acids is 1. The van der Waals surface area contributed by atoms with Crippen LogP contribution in [0.3, 0.4) is 0 Å². The number of rotatable bonds is 11. The molecule has 2 rings (SSSR count). The van der Waals surface area contributed by atoms with E-state index in [1.807, 2.05) is 35.2 Å². The van der Waals surface area contributed by atoms with E-state index in [2.05, 4.69) is 40.8 Å². The van der Waals surface area contributed by atoms with Crippen molar-refractivity contribution in [2.24, 2.45) is 5.92 Å². The van der Waals surface area contributed by atoms with Crippen LogP contribution in [0.2, 0.25) is 18.1 Å². The summed E-state index contributed by atoms with van der Waals surface area (Å²) in [5.41, 5.74) is 1.08. The molecule has 6 nitrogen and oxygen atoms in total. The van der Waals surface area contributed by atoms with Crippen molar-refractivity contribution >= 4 is 26.0 Å². The summed E-state index contributed by atoms with van der Waals surface area (Å²) in [5, 5.41) is 9.25. The Hall–Kier alpha value is -1.99. The van der Waals surface area contributed by atoms with Gasteiger partial charge in [-0.2, -0.15) is 0 Å². The van der Waals surface area contributed by atoms with Crippen molar-refractivity contribution in [2.75, 3.05) is 0 Å². The van der Waals surface area contributed by atoms with Crippen molar-refractivity contribution in [3.8, 4) is 0 Å². The standard InChI is InChI=1S/C25H39NO5Si/c1-18-14-23(28)26(17-19-10-8-7-9-11-19)22(18)13-12-20(27)15-21(16-24(29)30)31-32(5,6)25(2,3)4/h7-11,18,21-22H,12-17H2,1-6H3,(H,29,30). The molecule has 3 unspecified atom stereocenters. The van der Waals surface area contributed by atoms with Crippen LogP contribution in [0.5, 0.6) is 0 Å². The maximum atomic E-state index is 12.8. The van der Waals surface area contributed by atoms with Gasteiger partial charge in [0.15, 0.2) is 8.32 Å². The topological polar surface area (TPSA) is 83.9 Å². The van der Waals surface area contributed by atoms with Crippen molar-refractivity contribution in [1.82, 2.24) is 4.90 Å². The molecule has 1 amide bonds. The summed E-state index contributed by atoms with van der Waals surface area (Å²) < 4.78 is 6.27. The average molecular weight is 462 g/mol. The van der Waals surface area contributed by atoms with Crippen LogP contribution < -0.4 is 0 Å². The smallest absolute Gasteiger partial charge is 0.305 e. The molecule has 32 heavy (non-hydrogen) atoms. The number of hydrogen-bond acceptors (Lipinski definition) is 4. The van der Waals surface area contributed by atoms with E-state index >= 15 is 0 Å². The second-order valence-corrected chi connectivity index (χ2v) is 15.4. The molecule has 3 atom stereocenters. The molecule has 7 heteroatoms. The van der Waals surface area contributed by atoms with E-state index in [0.717, 1.165) is 5.56 Å². The monoisotopic (exact) mass is 461 g/mol. The highest BCUT2D eigenvalue weighted by Gasteiger charge is 2.40. The number of likely N-dealkylation sites (tertiary alicyclic amines) is 1. The third-order valence-corrected chi connectivity index (χ3v) is 11.4. The third-order valence-electron chi connectivity index (χ3n) is 6.91. The summed E-state index contributed by atoms with van der Waals surface area (Å²) in [4.78, 5) is 38.6. The van der Waals surface area contributed by atoms with Crippen LogP contribution in [0.4, 0.5) is 0 Å². The van der Waals surface area contributed by atoms with Crippen LogP contribution in [-0.2, 0) is 25.4 Å². The Labute approximate surface area is 193 Å². The molecule has 1 aliphatic heterocycles. The van der Waals surface area contributed by atoms with Gasteiger partial charge in [-0.25, -0.2) is 0 Å². The first-order valence-electron chi connectivity index (χ1n) is 11.5. The summed E-state index contributed by atoms with van der Waals surface area (Å²) >= 11 is 0. The SMILES string of the molecule is CC1CC(=O)N(Cc2ccccc2)C1CCC(=O)CC(CC(=O)O)O[Si](C)(C)C(C)(C)C. The Morgan fingerprint density at radius 1 is 1.19 bits per heavy atom. The fourth-order valence-corrected chi connectivity index (χ4v) is 5.41. The second-order valence-electron chi connectivity index (χ2n) is 10.6. The van der Waals surface area contributed by atoms with Gasteiger partial charge >= 0.3 is 5.97 Å². The van der Waals surface area contributed by atoms with Gasteiger partial charge in [-0.05, 0) is 36.0 Å². The number of ketones is 1. The first-order chi connectivity index (χ1) is 14.8. The van der Waals surface area contributed by atoms with E-state index in [-0.39, 0.29) is 41.5 Å². The van der Waals surface area contributed by atoms with E-state index in [4.69, 9.17) is 4.43 Å². The maximum Gasteiger partial charge on any atom is 0.305 e. The molecule has 1 aromatic rings. The van der Waals surface area contributed by atoms with Crippen molar-refractivity contribution < 1.29 is 23.9 Å². The lowest BCUT2D eigenvalue weighted by molar-refractivity contribution is -0.139. The number of carbonyl (C=O) groups excluding carboxylic acids is 2. The Morgan fingerprint density at radius 2 is 1.81 bits per heavy atom. The zero-order valence-electron chi connectivity index (χ0n) is 20.4. The highest BCUT2D eigenvalue weighted by Crippen LogP contribution is 2.38. The Morgan fingerprint density at radius 3 is 2.38 bits per heavy atom. The lowest BCUT2D eigenvalue weighted by Crippen LogP contribution is -2.45. The molecule has 0 bridgehead atoms. The van der Waals surface area contributed by atoms with Crippen molar-refractivity contribution in [3.05, 3.63) is 35.9 Å². The maximum absolute atomic E-state index is 12.8. The molecule has 0 radical (unpaired) electrons. The number of aliphatic carboxylic acids is 1. The molecular formula is C25H39NO5Si. The third kappa shape index (κ3) is 7.27. The number of Topliss-reactive ketones (excluding diaryl/α,β-unsaturated/α-hetero) is 1. The lowest BCUT2D eigenvalue weighted by atomic mass is 9.95. The number of benzene rings is 1. The summed E-state index contributed by atoms with van der Waals surface area (Å²) in [6.45, 7) is 13.0. The molecule has 1 aliphatic rings. The predicted octanol–water partition coefficient (Wildman–Crippen LogP) is 5.03. The molecule has 178 valence electrons. The molecule has 1 saturated heterocycles. The van der Waals surface area contributed by atoms with E-state index in [9.17, 15) is 19.5 Å². The first-order valence-corrected chi connectivity index (χ1v) is 14.5. The molecule has 1 N–H and O–H groups in total. The Bertz CT molecular complexity index is 802. The molecule has 0 saturated carbocycles. The van der Waals surface area contributed by atoms with Gasteiger partial charge in [0.05, 0.1) is 12.5 Å². The van der Waals surface area contributed by atoms with Gasteiger partial charge in [0.2, 0.25) is 5.91 Å². The van der Waals surface area contributed by atoms with Gasteiger partial charge < -0.3 is 14.4 Å². The zero-order chi connectivity index (χ0) is 24.1. The van der Waals surface area contributed by atoms with Crippen LogP contribution in [-0.4, -0.2) is 48.1 Å². The van der Waals surface area contributed by atoms with Crippen molar-refractivity contribution in [2.45, 2.75) is 96.6 Å². The molecule has 1 fully saturated rings. The summed E-state index contributed by atoms with van der Waals surface area (Å²) in [7, 11) is -2.19. The summed E-state index contributed by atoms with van der Waals surface area (Å²) in [5.74, 6) is -0.632. The normalized spacial score (nSPS) is 20.4. The van der Waals surface area contributed by atoms with Gasteiger partial charge in [-0.15, -0.1) is 0 Å². The first kappa shape index (κ1) is 26.3. The van der Waals surface area contributed by atoms with Crippen LogP contribution >= 0.6 is 0 Å². The van der Waals surface area contributed by atoms with E-state index in [0.29, 0.717) is 25.8 Å². The summed E-state index contributed by atoms with van der Waals surface area (Å²) in [6.07, 6.45) is 0.748. The van der Waals surface area contributed by atoms with Gasteiger partial charge in [0.1, 0.15) is 5.78 Å². The van der Waals surface area contributed by atoms with Crippen LogP contribution in [0.15, 0.2) is 30.3 Å². The lowest BCUT2D eigenvalue weighted by Gasteiger charge is -2.39. The molecule has 0 spiro atoms. The second kappa shape index (κ2) is 10.7. The minimum atomic E-state index is -2.19. The molecular weight excluding hydrogens is 422 g/mol. The van der Waals surface area contributed by atoms with Gasteiger partial charge in [0, 0.05) is 31.8 Å². The van der Waals surface area contributed by atoms with Crippen LogP contribution in [0.1, 0.15) is 65.4 Å². The number of carbonyl (C=O) groups is 3. The Balaban J connectivity index is 2.00.